The van der Waals surface area contributed by atoms with Gasteiger partial charge in [-0.2, -0.15) is 0 Å². The third-order valence-electron chi connectivity index (χ3n) is 5.25. The maximum Gasteiger partial charge on any atom is 0.251 e. The maximum absolute atomic E-state index is 12.6. The minimum atomic E-state index is -0.124. The fourth-order valence-electron chi connectivity index (χ4n) is 3.61. The monoisotopic (exact) mass is 352 g/mol. The number of carbonyl (C=O) groups is 1. The van der Waals surface area contributed by atoms with Crippen LogP contribution in [0.3, 0.4) is 0 Å². The summed E-state index contributed by atoms with van der Waals surface area (Å²) in [4.78, 5) is 14.9. The summed E-state index contributed by atoms with van der Waals surface area (Å²) < 4.78 is 10.6. The first kappa shape index (κ1) is 17.4. The van der Waals surface area contributed by atoms with E-state index in [0.29, 0.717) is 28.6 Å². The molecule has 5 nitrogen and oxygen atoms in total. The Morgan fingerprint density at radius 3 is 2.58 bits per heavy atom. The molecule has 1 heterocycles. The van der Waals surface area contributed by atoms with E-state index >= 15 is 0 Å². The molecule has 1 aromatic carbocycles. The normalized spacial score (nSPS) is 19.2. The smallest absolute Gasteiger partial charge is 0.251 e. The number of amides is 1. The fraction of sp³-hybridized carbons (Fsp3) is 0.611. The van der Waals surface area contributed by atoms with Crippen LogP contribution in [0.15, 0.2) is 12.1 Å². The van der Waals surface area contributed by atoms with E-state index in [1.165, 1.54) is 25.7 Å². The summed E-state index contributed by atoms with van der Waals surface area (Å²) in [6, 6.07) is 3.33. The van der Waals surface area contributed by atoms with Crippen LogP contribution in [0.1, 0.15) is 48.9 Å². The van der Waals surface area contributed by atoms with Gasteiger partial charge in [0.2, 0.25) is 6.79 Å². The van der Waals surface area contributed by atoms with E-state index in [1.807, 2.05) is 0 Å². The van der Waals surface area contributed by atoms with E-state index in [4.69, 9.17) is 21.1 Å². The SMILES string of the molecule is CN(C)C1(CNC(=O)c2cc(Cl)c3c(c2)OCO3)CCCCCC1. The van der Waals surface area contributed by atoms with Gasteiger partial charge >= 0.3 is 0 Å². The Labute approximate surface area is 148 Å². The second-order valence-electron chi connectivity index (χ2n) is 6.91. The summed E-state index contributed by atoms with van der Waals surface area (Å²) in [5.41, 5.74) is 0.540. The van der Waals surface area contributed by atoms with Crippen molar-refractivity contribution in [3.8, 4) is 11.5 Å². The third kappa shape index (κ3) is 3.47. The molecule has 6 heteroatoms. The largest absolute Gasteiger partial charge is 0.454 e. The maximum atomic E-state index is 12.6. The number of ether oxygens (including phenoxy) is 2. The Morgan fingerprint density at radius 1 is 1.21 bits per heavy atom. The Balaban J connectivity index is 1.71. The van der Waals surface area contributed by atoms with Gasteiger partial charge in [0.05, 0.1) is 5.02 Å². The number of carbonyl (C=O) groups excluding carboxylic acids is 1. The summed E-state index contributed by atoms with van der Waals surface area (Å²) in [7, 11) is 4.21. The first-order chi connectivity index (χ1) is 11.5. The highest BCUT2D eigenvalue weighted by Gasteiger charge is 2.33. The molecule has 0 radical (unpaired) electrons. The fourth-order valence-corrected chi connectivity index (χ4v) is 3.88. The van der Waals surface area contributed by atoms with Crippen LogP contribution in [0.25, 0.3) is 0 Å². The second-order valence-corrected chi connectivity index (χ2v) is 7.31. The Hall–Kier alpha value is -1.46. The van der Waals surface area contributed by atoms with Crippen LogP contribution >= 0.6 is 11.6 Å². The zero-order valence-corrected chi connectivity index (χ0v) is 15.1. The predicted molar refractivity (Wildman–Crippen MR) is 94.0 cm³/mol. The molecule has 3 rings (SSSR count). The van der Waals surface area contributed by atoms with Gasteiger partial charge in [-0.1, -0.05) is 37.3 Å². The van der Waals surface area contributed by atoms with E-state index in [0.717, 1.165) is 12.8 Å². The molecule has 1 N–H and O–H groups in total. The van der Waals surface area contributed by atoms with Crippen molar-refractivity contribution in [3.05, 3.63) is 22.7 Å². The van der Waals surface area contributed by atoms with Crippen molar-refractivity contribution in [1.82, 2.24) is 10.2 Å². The van der Waals surface area contributed by atoms with Crippen LogP contribution < -0.4 is 14.8 Å². The highest BCUT2D eigenvalue weighted by molar-refractivity contribution is 6.32. The summed E-state index contributed by atoms with van der Waals surface area (Å²) >= 11 is 6.17. The van der Waals surface area contributed by atoms with Crippen LogP contribution in [-0.2, 0) is 0 Å². The molecule has 1 aliphatic carbocycles. The molecule has 0 atom stereocenters. The van der Waals surface area contributed by atoms with Crippen molar-refractivity contribution in [1.29, 1.82) is 0 Å². The van der Waals surface area contributed by atoms with Crippen LogP contribution in [0.4, 0.5) is 0 Å². The van der Waals surface area contributed by atoms with Crippen molar-refractivity contribution < 1.29 is 14.3 Å². The van der Waals surface area contributed by atoms with Gasteiger partial charge in [-0.25, -0.2) is 0 Å². The Kier molecular flexibility index (Phi) is 5.21. The molecule has 1 aliphatic heterocycles. The number of hydrogen-bond acceptors (Lipinski definition) is 4. The first-order valence-electron chi connectivity index (χ1n) is 8.57. The summed E-state index contributed by atoms with van der Waals surface area (Å²) in [6.07, 6.45) is 7.21. The van der Waals surface area contributed by atoms with E-state index in [2.05, 4.69) is 24.3 Å². The van der Waals surface area contributed by atoms with E-state index in [-0.39, 0.29) is 18.2 Å². The number of nitrogens with zero attached hydrogens (tertiary/aromatic N) is 1. The molecule has 0 aromatic heterocycles. The molecule has 1 aromatic rings. The number of halogens is 1. The number of benzene rings is 1. The van der Waals surface area contributed by atoms with Crippen LogP contribution in [0.5, 0.6) is 11.5 Å². The standard InChI is InChI=1S/C18H25ClN2O3/c1-21(2)18(7-5-3-4-6-8-18)11-20-17(22)13-9-14(19)16-15(10-13)23-12-24-16/h9-10H,3-8,11-12H2,1-2H3,(H,20,22). The lowest BCUT2D eigenvalue weighted by molar-refractivity contribution is 0.0868. The van der Waals surface area contributed by atoms with Crippen LogP contribution in [-0.4, -0.2) is 43.8 Å². The molecule has 1 amide bonds. The van der Waals surface area contributed by atoms with Gasteiger partial charge in [0.1, 0.15) is 0 Å². The van der Waals surface area contributed by atoms with Gasteiger partial charge in [0.15, 0.2) is 11.5 Å². The molecule has 0 spiro atoms. The molecule has 24 heavy (non-hydrogen) atoms. The van der Waals surface area contributed by atoms with Gasteiger partial charge in [-0.15, -0.1) is 0 Å². The highest BCUT2D eigenvalue weighted by Crippen LogP contribution is 2.39. The second kappa shape index (κ2) is 7.19. The van der Waals surface area contributed by atoms with E-state index in [9.17, 15) is 4.79 Å². The average Bonchev–Trinajstić information content (AvgIpc) is 2.90. The number of hydrogen-bond donors (Lipinski definition) is 1. The molecule has 1 saturated carbocycles. The quantitative estimate of drug-likeness (QED) is 0.843. The van der Waals surface area contributed by atoms with Crippen molar-refractivity contribution in [2.24, 2.45) is 0 Å². The lowest BCUT2D eigenvalue weighted by atomic mass is 9.88. The van der Waals surface area contributed by atoms with Crippen molar-refractivity contribution >= 4 is 17.5 Å². The lowest BCUT2D eigenvalue weighted by Gasteiger charge is -2.39. The highest BCUT2D eigenvalue weighted by atomic mass is 35.5. The van der Waals surface area contributed by atoms with Crippen molar-refractivity contribution in [3.63, 3.8) is 0 Å². The van der Waals surface area contributed by atoms with Crippen molar-refractivity contribution in [2.75, 3.05) is 27.4 Å². The summed E-state index contributed by atoms with van der Waals surface area (Å²) in [5.74, 6) is 0.923. The predicted octanol–water partition coefficient (Wildman–Crippen LogP) is 3.45. The number of likely N-dealkylation sites (N-methyl/N-ethyl adjacent to an activating group) is 1. The van der Waals surface area contributed by atoms with Crippen LogP contribution in [0.2, 0.25) is 5.02 Å². The van der Waals surface area contributed by atoms with Gasteiger partial charge in [0.25, 0.3) is 5.91 Å². The van der Waals surface area contributed by atoms with E-state index < -0.39 is 0 Å². The molecule has 2 aliphatic rings. The Bertz CT molecular complexity index is 611. The molecule has 1 fully saturated rings. The molecular formula is C18H25ClN2O3. The first-order valence-corrected chi connectivity index (χ1v) is 8.94. The summed E-state index contributed by atoms with van der Waals surface area (Å²) in [5, 5.41) is 3.51. The van der Waals surface area contributed by atoms with Crippen LogP contribution in [0, 0.1) is 0 Å². The molecule has 0 bridgehead atoms. The minimum Gasteiger partial charge on any atom is -0.454 e. The van der Waals surface area contributed by atoms with Gasteiger partial charge < -0.3 is 19.7 Å². The zero-order valence-electron chi connectivity index (χ0n) is 14.4. The number of nitrogens with one attached hydrogen (secondary N) is 1. The molecular weight excluding hydrogens is 328 g/mol. The minimum absolute atomic E-state index is 0.0340. The number of rotatable bonds is 4. The molecule has 132 valence electrons. The molecule has 0 unspecified atom stereocenters. The van der Waals surface area contributed by atoms with Gasteiger partial charge in [0, 0.05) is 17.6 Å². The topological polar surface area (TPSA) is 50.8 Å². The zero-order chi connectivity index (χ0) is 17.2. The Morgan fingerprint density at radius 2 is 1.92 bits per heavy atom. The number of fused-ring (bicyclic) bond motifs is 1. The third-order valence-corrected chi connectivity index (χ3v) is 5.53. The molecule has 0 saturated heterocycles. The summed E-state index contributed by atoms with van der Waals surface area (Å²) in [6.45, 7) is 0.786. The van der Waals surface area contributed by atoms with Gasteiger partial charge in [-0.05, 0) is 39.1 Å². The van der Waals surface area contributed by atoms with E-state index in [1.54, 1.807) is 12.1 Å². The van der Waals surface area contributed by atoms with Gasteiger partial charge in [-0.3, -0.25) is 4.79 Å². The lowest BCUT2D eigenvalue weighted by Crippen LogP contribution is -2.52. The van der Waals surface area contributed by atoms with Crippen molar-refractivity contribution in [2.45, 2.75) is 44.1 Å². The average molecular weight is 353 g/mol.